The molecule has 0 aromatic carbocycles. The first-order valence-corrected chi connectivity index (χ1v) is 9.56. The van der Waals surface area contributed by atoms with Gasteiger partial charge in [-0.3, -0.25) is 0 Å². The Kier molecular flexibility index (Phi) is 13.1. The van der Waals surface area contributed by atoms with E-state index in [-0.39, 0.29) is 0 Å². The van der Waals surface area contributed by atoms with Crippen LogP contribution in [0.3, 0.4) is 0 Å². The smallest absolute Gasteiger partial charge is 0.148 e. The van der Waals surface area contributed by atoms with Crippen molar-refractivity contribution in [2.75, 3.05) is 12.4 Å². The highest BCUT2D eigenvalue weighted by Gasteiger charge is 2.02. The van der Waals surface area contributed by atoms with Gasteiger partial charge in [-0.15, -0.1) is 12.2 Å². The third-order valence-electron chi connectivity index (χ3n) is 1.90. The lowest BCUT2D eigenvalue weighted by atomic mass is 10.3. The van der Waals surface area contributed by atoms with E-state index in [9.17, 15) is 0 Å². The highest BCUT2D eigenvalue weighted by molar-refractivity contribution is 8.82. The maximum Gasteiger partial charge on any atom is 0.148 e. The first kappa shape index (κ1) is 15.1. The predicted octanol–water partition coefficient (Wildman–Crippen LogP) is 5.27. The molecule has 1 atom stereocenters. The molecule has 1 nitrogen and oxygen atoms in total. The number of unbranched alkanes of at least 4 members (excludes halogenated alkanes) is 4. The van der Waals surface area contributed by atoms with Crippen LogP contribution in [0.4, 0.5) is 0 Å². The Hall–Kier alpha value is 1.09. The Bertz CT molecular complexity index is 102. The van der Waals surface area contributed by atoms with Gasteiger partial charge in [-0.2, -0.15) is 0 Å². The molecule has 0 radical (unpaired) electrons. The summed E-state index contributed by atoms with van der Waals surface area (Å²) in [6, 6.07) is 0. The molecular weight excluding hydrogens is 231 g/mol. The second-order valence-corrected chi connectivity index (χ2v) is 8.39. The summed E-state index contributed by atoms with van der Waals surface area (Å²) in [6.45, 7) is 4.83. The van der Waals surface area contributed by atoms with E-state index >= 15 is 0 Å². The topological polar surface area (TPSA) is 9.23 Å². The van der Waals surface area contributed by atoms with E-state index in [0.29, 0.717) is 0 Å². The molecule has 14 heavy (non-hydrogen) atoms. The molecule has 0 bridgehead atoms. The molecule has 0 aliphatic rings. The van der Waals surface area contributed by atoms with Gasteiger partial charge in [0.05, 0.1) is 6.61 Å². The van der Waals surface area contributed by atoms with Gasteiger partial charge in [0.15, 0.2) is 0 Å². The van der Waals surface area contributed by atoms with Crippen molar-refractivity contribution in [2.24, 2.45) is 0 Å². The molecular formula is C10H23OPS2. The van der Waals surface area contributed by atoms with Gasteiger partial charge in [-0.1, -0.05) is 50.9 Å². The fourth-order valence-electron chi connectivity index (χ4n) is 1.03. The first-order chi connectivity index (χ1) is 6.81. The number of hydrogen-bond donors (Lipinski definition) is 1. The van der Waals surface area contributed by atoms with Crippen molar-refractivity contribution in [1.82, 2.24) is 0 Å². The van der Waals surface area contributed by atoms with Crippen molar-refractivity contribution in [3.63, 3.8) is 0 Å². The molecule has 0 aromatic rings. The largest absolute Gasteiger partial charge is 0.339 e. The highest BCUT2D eigenvalue weighted by Crippen LogP contribution is 2.55. The van der Waals surface area contributed by atoms with E-state index in [1.807, 2.05) is 11.4 Å². The third-order valence-corrected chi connectivity index (χ3v) is 5.91. The zero-order chi connectivity index (χ0) is 10.6. The molecule has 86 valence electrons. The predicted molar refractivity (Wildman–Crippen MR) is 73.4 cm³/mol. The van der Waals surface area contributed by atoms with E-state index in [2.05, 4.69) is 26.1 Å². The van der Waals surface area contributed by atoms with Crippen LogP contribution < -0.4 is 0 Å². The molecule has 0 fully saturated rings. The molecule has 0 aliphatic carbocycles. The van der Waals surface area contributed by atoms with Crippen LogP contribution in [0.5, 0.6) is 0 Å². The number of hydrogen-bond acceptors (Lipinski definition) is 3. The van der Waals surface area contributed by atoms with Gasteiger partial charge in [0.1, 0.15) is 6.55 Å². The monoisotopic (exact) mass is 254 g/mol. The molecule has 1 unspecified atom stereocenters. The van der Waals surface area contributed by atoms with Crippen LogP contribution in [0, 0.1) is 0 Å². The molecule has 0 spiro atoms. The zero-order valence-corrected chi connectivity index (χ0v) is 12.0. The normalized spacial score (nSPS) is 13.1. The van der Waals surface area contributed by atoms with Crippen LogP contribution in [0.15, 0.2) is 0 Å². The zero-order valence-electron chi connectivity index (χ0n) is 9.37. The van der Waals surface area contributed by atoms with Gasteiger partial charge in [-0.05, 0) is 12.8 Å². The van der Waals surface area contributed by atoms with Crippen LogP contribution in [0.25, 0.3) is 0 Å². The molecule has 0 aliphatic heterocycles. The summed E-state index contributed by atoms with van der Waals surface area (Å²) in [6.07, 6.45) is 7.65. The molecule has 0 amide bonds. The van der Waals surface area contributed by atoms with E-state index in [1.165, 1.54) is 44.3 Å². The average molecular weight is 254 g/mol. The molecule has 4 heteroatoms. The highest BCUT2D eigenvalue weighted by atomic mass is 33.1. The number of thiol groups is 1. The Balaban J connectivity index is 3.07. The van der Waals surface area contributed by atoms with Gasteiger partial charge in [-0.25, -0.2) is 0 Å². The maximum absolute atomic E-state index is 5.62. The van der Waals surface area contributed by atoms with E-state index in [4.69, 9.17) is 4.52 Å². The van der Waals surface area contributed by atoms with Crippen molar-refractivity contribution >= 4 is 30.2 Å². The Morgan fingerprint density at radius 1 is 1.07 bits per heavy atom. The molecule has 0 heterocycles. The summed E-state index contributed by atoms with van der Waals surface area (Å²) in [5, 5.41) is 0. The fraction of sp³-hybridized carbons (Fsp3) is 1.00. The first-order valence-electron chi connectivity index (χ1n) is 5.56. The Morgan fingerprint density at radius 3 is 2.36 bits per heavy atom. The van der Waals surface area contributed by atoms with Crippen molar-refractivity contribution in [2.45, 2.75) is 52.4 Å². The minimum absolute atomic E-state index is 0.503. The lowest BCUT2D eigenvalue weighted by Crippen LogP contribution is -1.86. The van der Waals surface area contributed by atoms with Gasteiger partial charge >= 0.3 is 0 Å². The van der Waals surface area contributed by atoms with E-state index < -0.39 is 6.55 Å². The van der Waals surface area contributed by atoms with Gasteiger partial charge < -0.3 is 4.52 Å². The average Bonchev–Trinajstić information content (AvgIpc) is 2.19. The minimum atomic E-state index is -0.503. The second kappa shape index (κ2) is 12.2. The van der Waals surface area contributed by atoms with Gasteiger partial charge in [0.25, 0.3) is 0 Å². The summed E-state index contributed by atoms with van der Waals surface area (Å²) < 4.78 is 5.62. The van der Waals surface area contributed by atoms with Crippen molar-refractivity contribution in [3.8, 4) is 0 Å². The van der Waals surface area contributed by atoms with Crippen molar-refractivity contribution in [3.05, 3.63) is 0 Å². The lowest BCUT2D eigenvalue weighted by molar-refractivity contribution is 0.352. The van der Waals surface area contributed by atoms with E-state index in [0.717, 1.165) is 6.61 Å². The van der Waals surface area contributed by atoms with Crippen LogP contribution in [-0.4, -0.2) is 12.4 Å². The van der Waals surface area contributed by atoms with Crippen LogP contribution in [-0.2, 0) is 4.52 Å². The fourth-order valence-corrected chi connectivity index (χ4v) is 4.16. The molecule has 0 saturated carbocycles. The molecule has 0 rings (SSSR count). The quantitative estimate of drug-likeness (QED) is 0.323. The molecule has 0 N–H and O–H groups in total. The standard InChI is InChI=1S/C10H23OPS2/c1-3-5-7-9-11-12(13)14-10-8-6-4-2/h13H,3-10H2,1-2H3. The van der Waals surface area contributed by atoms with Crippen LogP contribution >= 0.6 is 30.2 Å². The van der Waals surface area contributed by atoms with Crippen molar-refractivity contribution < 1.29 is 4.52 Å². The molecule has 0 saturated heterocycles. The van der Waals surface area contributed by atoms with Gasteiger partial charge in [0.2, 0.25) is 0 Å². The van der Waals surface area contributed by atoms with Crippen molar-refractivity contribution in [1.29, 1.82) is 0 Å². The minimum Gasteiger partial charge on any atom is -0.339 e. The van der Waals surface area contributed by atoms with Gasteiger partial charge in [0, 0.05) is 5.75 Å². The Morgan fingerprint density at radius 2 is 1.71 bits per heavy atom. The summed E-state index contributed by atoms with van der Waals surface area (Å²) in [5.74, 6) is 1.21. The van der Waals surface area contributed by atoms with Crippen LogP contribution in [0.1, 0.15) is 52.4 Å². The summed E-state index contributed by atoms with van der Waals surface area (Å²) in [5.41, 5.74) is 0. The Labute approximate surface area is 99.5 Å². The molecule has 0 aromatic heterocycles. The summed E-state index contributed by atoms with van der Waals surface area (Å²) in [4.78, 5) is 0. The second-order valence-electron chi connectivity index (χ2n) is 3.32. The number of rotatable bonds is 10. The third kappa shape index (κ3) is 11.2. The SMILES string of the molecule is CCCCCOP(S)SCCCCC. The lowest BCUT2D eigenvalue weighted by Gasteiger charge is -2.10. The summed E-state index contributed by atoms with van der Waals surface area (Å²) in [7, 11) is 0. The maximum atomic E-state index is 5.62. The van der Waals surface area contributed by atoms with Crippen LogP contribution in [0.2, 0.25) is 0 Å². The summed E-state index contributed by atoms with van der Waals surface area (Å²) >= 11 is 6.32. The van der Waals surface area contributed by atoms with E-state index in [1.54, 1.807) is 0 Å².